The smallest absolute Gasteiger partial charge is 0.220 e. The van der Waals surface area contributed by atoms with Gasteiger partial charge in [-0.25, -0.2) is 0 Å². The van der Waals surface area contributed by atoms with Crippen LogP contribution in [0.15, 0.2) is 0 Å². The predicted molar refractivity (Wildman–Crippen MR) is 90.1 cm³/mol. The molecular formula is C14H31Cl2N3O. The summed E-state index contributed by atoms with van der Waals surface area (Å²) < 4.78 is 0. The first kappa shape index (κ1) is 22.3. The summed E-state index contributed by atoms with van der Waals surface area (Å²) in [6.45, 7) is 6.27. The van der Waals surface area contributed by atoms with E-state index in [1.54, 1.807) is 0 Å². The fourth-order valence-corrected chi connectivity index (χ4v) is 2.57. The van der Waals surface area contributed by atoms with Crippen molar-refractivity contribution < 1.29 is 4.79 Å². The van der Waals surface area contributed by atoms with Gasteiger partial charge in [0.15, 0.2) is 0 Å². The van der Waals surface area contributed by atoms with Crippen molar-refractivity contribution in [2.45, 2.75) is 32.6 Å². The second-order valence-corrected chi connectivity index (χ2v) is 5.78. The van der Waals surface area contributed by atoms with Gasteiger partial charge in [-0.3, -0.25) is 4.79 Å². The summed E-state index contributed by atoms with van der Waals surface area (Å²) in [6, 6.07) is 0. The Morgan fingerprint density at radius 1 is 1.30 bits per heavy atom. The number of nitrogens with one attached hydrogen (secondary N) is 2. The average Bonchev–Trinajstić information content (AvgIpc) is 2.35. The predicted octanol–water partition coefficient (Wildman–Crippen LogP) is 1.92. The summed E-state index contributed by atoms with van der Waals surface area (Å²) >= 11 is 0. The molecule has 4 nitrogen and oxygen atoms in total. The van der Waals surface area contributed by atoms with Crippen molar-refractivity contribution in [3.63, 3.8) is 0 Å². The number of nitrogens with zero attached hydrogens (tertiary/aromatic N) is 1. The van der Waals surface area contributed by atoms with Crippen LogP contribution in [0.3, 0.4) is 0 Å². The molecule has 0 radical (unpaired) electrons. The molecule has 1 atom stereocenters. The summed E-state index contributed by atoms with van der Waals surface area (Å²) in [6.07, 6.45) is 4.15. The maximum absolute atomic E-state index is 11.8. The van der Waals surface area contributed by atoms with Crippen LogP contribution in [-0.4, -0.2) is 51.1 Å². The SMILES string of the molecule is CC(CC(=O)NCCCN(C)C)C1CCNCC1.Cl.Cl. The Bertz CT molecular complexity index is 247. The van der Waals surface area contributed by atoms with Crippen molar-refractivity contribution in [2.75, 3.05) is 40.3 Å². The van der Waals surface area contributed by atoms with E-state index < -0.39 is 0 Å². The van der Waals surface area contributed by atoms with Gasteiger partial charge in [0.25, 0.3) is 0 Å². The van der Waals surface area contributed by atoms with Crippen LogP contribution in [-0.2, 0) is 4.79 Å². The molecule has 20 heavy (non-hydrogen) atoms. The van der Waals surface area contributed by atoms with Crippen LogP contribution >= 0.6 is 24.8 Å². The number of amides is 1. The molecule has 0 aliphatic carbocycles. The van der Waals surface area contributed by atoms with E-state index in [4.69, 9.17) is 0 Å². The van der Waals surface area contributed by atoms with Gasteiger partial charge in [0.2, 0.25) is 5.91 Å². The monoisotopic (exact) mass is 327 g/mol. The minimum Gasteiger partial charge on any atom is -0.356 e. The van der Waals surface area contributed by atoms with Crippen molar-refractivity contribution >= 4 is 30.7 Å². The van der Waals surface area contributed by atoms with Crippen molar-refractivity contribution in [1.29, 1.82) is 0 Å². The lowest BCUT2D eigenvalue weighted by atomic mass is 9.84. The first-order valence-corrected chi connectivity index (χ1v) is 7.21. The van der Waals surface area contributed by atoms with Gasteiger partial charge < -0.3 is 15.5 Å². The highest BCUT2D eigenvalue weighted by molar-refractivity contribution is 5.85. The van der Waals surface area contributed by atoms with Crippen LogP contribution in [0.4, 0.5) is 0 Å². The molecule has 1 fully saturated rings. The standard InChI is InChI=1S/C14H29N3O.2ClH/c1-12(13-5-8-15-9-6-13)11-14(18)16-7-4-10-17(2)3;;/h12-13,15H,4-11H2,1-3H3,(H,16,18);2*1H. The van der Waals surface area contributed by atoms with Gasteiger partial charge >= 0.3 is 0 Å². The van der Waals surface area contributed by atoms with Gasteiger partial charge in [-0.15, -0.1) is 24.8 Å². The lowest BCUT2D eigenvalue weighted by molar-refractivity contribution is -0.122. The molecule has 1 unspecified atom stereocenters. The molecule has 1 aliphatic rings. The topological polar surface area (TPSA) is 44.4 Å². The van der Waals surface area contributed by atoms with Crippen LogP contribution in [0.1, 0.15) is 32.6 Å². The third-order valence-electron chi connectivity index (χ3n) is 3.80. The first-order valence-electron chi connectivity index (χ1n) is 7.21. The van der Waals surface area contributed by atoms with Gasteiger partial charge in [0, 0.05) is 13.0 Å². The third-order valence-corrected chi connectivity index (χ3v) is 3.80. The molecule has 1 aliphatic heterocycles. The lowest BCUT2D eigenvalue weighted by Gasteiger charge is -2.27. The van der Waals surface area contributed by atoms with Gasteiger partial charge in [-0.05, 0) is 64.8 Å². The van der Waals surface area contributed by atoms with E-state index in [1.165, 1.54) is 12.8 Å². The van der Waals surface area contributed by atoms with E-state index in [-0.39, 0.29) is 30.7 Å². The molecule has 1 rings (SSSR count). The molecule has 0 aromatic carbocycles. The molecule has 0 saturated carbocycles. The molecule has 0 spiro atoms. The summed E-state index contributed by atoms with van der Waals surface area (Å²) in [4.78, 5) is 13.9. The molecule has 0 bridgehead atoms. The molecule has 1 heterocycles. The third kappa shape index (κ3) is 9.81. The number of carbonyl (C=O) groups is 1. The fraction of sp³-hybridized carbons (Fsp3) is 0.929. The van der Waals surface area contributed by atoms with Gasteiger partial charge in [-0.2, -0.15) is 0 Å². The summed E-state index contributed by atoms with van der Waals surface area (Å²) in [5, 5.41) is 6.40. The highest BCUT2D eigenvalue weighted by Crippen LogP contribution is 2.23. The number of carbonyl (C=O) groups excluding carboxylic acids is 1. The Morgan fingerprint density at radius 3 is 2.45 bits per heavy atom. The van der Waals surface area contributed by atoms with E-state index in [9.17, 15) is 4.79 Å². The Hall–Kier alpha value is -0.0300. The molecule has 122 valence electrons. The zero-order valence-electron chi connectivity index (χ0n) is 13.0. The zero-order valence-corrected chi connectivity index (χ0v) is 14.6. The Morgan fingerprint density at radius 2 is 1.90 bits per heavy atom. The zero-order chi connectivity index (χ0) is 13.4. The Labute approximate surface area is 136 Å². The van der Waals surface area contributed by atoms with E-state index in [1.807, 2.05) is 0 Å². The van der Waals surface area contributed by atoms with Gasteiger partial charge in [0.05, 0.1) is 0 Å². The molecule has 0 aromatic rings. The number of rotatable bonds is 7. The van der Waals surface area contributed by atoms with Crippen molar-refractivity contribution in [3.8, 4) is 0 Å². The highest BCUT2D eigenvalue weighted by atomic mass is 35.5. The van der Waals surface area contributed by atoms with E-state index in [0.29, 0.717) is 12.3 Å². The molecule has 1 amide bonds. The van der Waals surface area contributed by atoms with E-state index >= 15 is 0 Å². The van der Waals surface area contributed by atoms with E-state index in [2.05, 4.69) is 36.6 Å². The minimum atomic E-state index is 0. The number of hydrogen-bond acceptors (Lipinski definition) is 3. The minimum absolute atomic E-state index is 0. The van der Waals surface area contributed by atoms with Crippen molar-refractivity contribution in [3.05, 3.63) is 0 Å². The quantitative estimate of drug-likeness (QED) is 0.702. The number of piperidine rings is 1. The van der Waals surface area contributed by atoms with Crippen molar-refractivity contribution in [1.82, 2.24) is 15.5 Å². The van der Waals surface area contributed by atoms with E-state index in [0.717, 1.165) is 38.5 Å². The van der Waals surface area contributed by atoms with Gasteiger partial charge in [-0.1, -0.05) is 6.92 Å². The Kier molecular flexibility index (Phi) is 14.1. The van der Waals surface area contributed by atoms with Gasteiger partial charge in [0.1, 0.15) is 0 Å². The maximum Gasteiger partial charge on any atom is 0.220 e. The first-order chi connectivity index (χ1) is 8.59. The summed E-state index contributed by atoms with van der Waals surface area (Å²) in [5.74, 6) is 1.46. The summed E-state index contributed by atoms with van der Waals surface area (Å²) in [5.41, 5.74) is 0. The van der Waals surface area contributed by atoms with Crippen LogP contribution in [0.5, 0.6) is 0 Å². The molecular weight excluding hydrogens is 297 g/mol. The second kappa shape index (κ2) is 12.7. The van der Waals surface area contributed by atoms with Crippen LogP contribution in [0, 0.1) is 11.8 Å². The average molecular weight is 328 g/mol. The number of hydrogen-bond donors (Lipinski definition) is 2. The molecule has 0 aromatic heterocycles. The molecule has 6 heteroatoms. The van der Waals surface area contributed by atoms with Crippen LogP contribution < -0.4 is 10.6 Å². The Balaban J connectivity index is 0. The lowest BCUT2D eigenvalue weighted by Crippen LogP contribution is -2.34. The normalized spacial score (nSPS) is 17.0. The highest BCUT2D eigenvalue weighted by Gasteiger charge is 2.21. The van der Waals surface area contributed by atoms with Crippen molar-refractivity contribution in [2.24, 2.45) is 11.8 Å². The molecule has 1 saturated heterocycles. The largest absolute Gasteiger partial charge is 0.356 e. The maximum atomic E-state index is 11.8. The number of halogens is 2. The fourth-order valence-electron chi connectivity index (χ4n) is 2.57. The molecule has 2 N–H and O–H groups in total. The van der Waals surface area contributed by atoms with Crippen LogP contribution in [0.25, 0.3) is 0 Å². The van der Waals surface area contributed by atoms with Crippen LogP contribution in [0.2, 0.25) is 0 Å². The second-order valence-electron chi connectivity index (χ2n) is 5.78. The summed E-state index contributed by atoms with van der Waals surface area (Å²) in [7, 11) is 4.11.